The van der Waals surface area contributed by atoms with Gasteiger partial charge in [-0.05, 0) is 43.0 Å². The minimum Gasteiger partial charge on any atom is -0.459 e. The van der Waals surface area contributed by atoms with E-state index in [1.807, 2.05) is 24.3 Å². The van der Waals surface area contributed by atoms with Crippen molar-refractivity contribution in [2.45, 2.75) is 38.3 Å². The predicted octanol–water partition coefficient (Wildman–Crippen LogP) is 3.19. The molecule has 1 amide bonds. The molecule has 0 fully saturated rings. The predicted molar refractivity (Wildman–Crippen MR) is 107 cm³/mol. The number of rotatable bonds is 5. The maximum Gasteiger partial charge on any atom is 0.407 e. The van der Waals surface area contributed by atoms with Crippen molar-refractivity contribution >= 4 is 12.1 Å². The molecule has 2 aromatic rings. The largest absolute Gasteiger partial charge is 0.459 e. The highest BCUT2D eigenvalue weighted by Gasteiger charge is 2.29. The zero-order valence-electron chi connectivity index (χ0n) is 16.4. The number of benzene rings is 2. The van der Waals surface area contributed by atoms with E-state index >= 15 is 0 Å². The van der Waals surface area contributed by atoms with Crippen LogP contribution in [0.3, 0.4) is 0 Å². The van der Waals surface area contributed by atoms with Gasteiger partial charge in [0.15, 0.2) is 0 Å². The quantitative estimate of drug-likeness (QED) is 0.775. The van der Waals surface area contributed by atoms with Crippen molar-refractivity contribution in [2.24, 2.45) is 5.73 Å². The molecule has 0 saturated carbocycles. The van der Waals surface area contributed by atoms with Gasteiger partial charge in [0, 0.05) is 12.5 Å². The van der Waals surface area contributed by atoms with Crippen LogP contribution < -0.4 is 11.1 Å². The molecule has 2 aromatic carbocycles. The Hall–Kier alpha value is -2.86. The van der Waals surface area contributed by atoms with E-state index in [0.29, 0.717) is 0 Å². The van der Waals surface area contributed by atoms with Crippen molar-refractivity contribution in [1.82, 2.24) is 5.32 Å². The van der Waals surface area contributed by atoms with E-state index < -0.39 is 23.7 Å². The van der Waals surface area contributed by atoms with E-state index in [4.69, 9.17) is 15.2 Å². The summed E-state index contributed by atoms with van der Waals surface area (Å²) < 4.78 is 10.6. The summed E-state index contributed by atoms with van der Waals surface area (Å²) >= 11 is 0. The second-order valence-corrected chi connectivity index (χ2v) is 7.85. The normalized spacial score (nSPS) is 14.0. The van der Waals surface area contributed by atoms with Crippen LogP contribution in [-0.2, 0) is 14.3 Å². The molecule has 1 aliphatic rings. The molecule has 0 spiro atoms. The van der Waals surface area contributed by atoms with Gasteiger partial charge in [0.05, 0.1) is 0 Å². The first kappa shape index (κ1) is 19.9. The third kappa shape index (κ3) is 4.51. The Morgan fingerprint density at radius 2 is 1.57 bits per heavy atom. The Labute approximate surface area is 165 Å². The fourth-order valence-corrected chi connectivity index (χ4v) is 3.30. The highest BCUT2D eigenvalue weighted by molar-refractivity contribution is 5.79. The first-order chi connectivity index (χ1) is 13.3. The van der Waals surface area contributed by atoms with Gasteiger partial charge in [0.2, 0.25) is 0 Å². The molecule has 0 unspecified atom stereocenters. The van der Waals surface area contributed by atoms with E-state index in [-0.39, 0.29) is 19.1 Å². The summed E-state index contributed by atoms with van der Waals surface area (Å²) in [5.41, 5.74) is 9.76. The molecule has 28 heavy (non-hydrogen) atoms. The number of ether oxygens (including phenoxy) is 2. The standard InChI is InChI=1S/C22H26N2O4/c1-22(2,3)28-20(25)19(23)12-24-21(26)27-13-18-16-10-6-4-8-14(16)15-9-5-7-11-17(15)18/h4-11,18-19H,12-13,23H2,1-3H3,(H,24,26)/t19-/m1/s1. The first-order valence-electron chi connectivity index (χ1n) is 9.33. The van der Waals surface area contributed by atoms with Gasteiger partial charge in [-0.2, -0.15) is 0 Å². The number of amides is 1. The van der Waals surface area contributed by atoms with Crippen molar-refractivity contribution in [1.29, 1.82) is 0 Å². The van der Waals surface area contributed by atoms with Crippen LogP contribution in [0.5, 0.6) is 0 Å². The van der Waals surface area contributed by atoms with E-state index in [0.717, 1.165) is 11.1 Å². The number of hydrogen-bond donors (Lipinski definition) is 2. The van der Waals surface area contributed by atoms with Gasteiger partial charge in [-0.15, -0.1) is 0 Å². The smallest absolute Gasteiger partial charge is 0.407 e. The summed E-state index contributed by atoms with van der Waals surface area (Å²) in [5.74, 6) is -0.580. The maximum absolute atomic E-state index is 12.1. The minimum absolute atomic E-state index is 0.0160. The monoisotopic (exact) mass is 382 g/mol. The zero-order chi connectivity index (χ0) is 20.3. The zero-order valence-corrected chi connectivity index (χ0v) is 16.4. The van der Waals surface area contributed by atoms with Crippen molar-refractivity contribution < 1.29 is 19.1 Å². The van der Waals surface area contributed by atoms with Crippen molar-refractivity contribution in [3.05, 3.63) is 59.7 Å². The Morgan fingerprint density at radius 3 is 2.11 bits per heavy atom. The van der Waals surface area contributed by atoms with Gasteiger partial charge in [-0.3, -0.25) is 4.79 Å². The number of alkyl carbamates (subject to hydrolysis) is 1. The number of carbonyl (C=O) groups is 2. The first-order valence-corrected chi connectivity index (χ1v) is 9.33. The van der Waals surface area contributed by atoms with Crippen LogP contribution in [0.4, 0.5) is 4.79 Å². The minimum atomic E-state index is -0.945. The van der Waals surface area contributed by atoms with Crippen LogP contribution in [-0.4, -0.2) is 36.9 Å². The fraction of sp³-hybridized carbons (Fsp3) is 0.364. The Balaban J connectivity index is 1.56. The summed E-state index contributed by atoms with van der Waals surface area (Å²) in [7, 11) is 0. The van der Waals surface area contributed by atoms with Crippen LogP contribution in [0, 0.1) is 0 Å². The van der Waals surface area contributed by atoms with E-state index in [2.05, 4.69) is 29.6 Å². The highest BCUT2D eigenvalue weighted by Crippen LogP contribution is 2.44. The molecule has 3 rings (SSSR count). The third-order valence-corrected chi connectivity index (χ3v) is 4.52. The molecule has 0 heterocycles. The van der Waals surface area contributed by atoms with Crippen molar-refractivity contribution in [3.63, 3.8) is 0 Å². The number of hydrogen-bond acceptors (Lipinski definition) is 5. The second-order valence-electron chi connectivity index (χ2n) is 7.85. The van der Waals surface area contributed by atoms with Crippen LogP contribution in [0.25, 0.3) is 11.1 Å². The van der Waals surface area contributed by atoms with E-state index in [9.17, 15) is 9.59 Å². The van der Waals surface area contributed by atoms with Crippen LogP contribution in [0.1, 0.15) is 37.8 Å². The highest BCUT2D eigenvalue weighted by atomic mass is 16.6. The lowest BCUT2D eigenvalue weighted by molar-refractivity contribution is -0.156. The Kier molecular flexibility index (Phi) is 5.70. The second kappa shape index (κ2) is 8.02. The molecule has 0 bridgehead atoms. The Morgan fingerprint density at radius 1 is 1.04 bits per heavy atom. The van der Waals surface area contributed by atoms with E-state index in [1.54, 1.807) is 20.8 Å². The van der Waals surface area contributed by atoms with Crippen LogP contribution in [0.15, 0.2) is 48.5 Å². The molecule has 1 atom stereocenters. The molecule has 0 saturated heterocycles. The van der Waals surface area contributed by atoms with E-state index in [1.165, 1.54) is 11.1 Å². The number of nitrogens with one attached hydrogen (secondary N) is 1. The molecular formula is C22H26N2O4. The Bertz CT molecular complexity index is 827. The maximum atomic E-state index is 12.1. The fourth-order valence-electron chi connectivity index (χ4n) is 3.30. The molecular weight excluding hydrogens is 356 g/mol. The molecule has 6 heteroatoms. The number of fused-ring (bicyclic) bond motifs is 3. The third-order valence-electron chi connectivity index (χ3n) is 4.52. The van der Waals surface area contributed by atoms with Crippen molar-refractivity contribution in [3.8, 4) is 11.1 Å². The molecule has 0 aromatic heterocycles. The van der Waals surface area contributed by atoms with Gasteiger partial charge in [0.25, 0.3) is 0 Å². The molecule has 1 aliphatic carbocycles. The number of carbonyl (C=O) groups excluding carboxylic acids is 2. The van der Waals surface area contributed by atoms with Gasteiger partial charge in [-0.25, -0.2) is 4.79 Å². The summed E-state index contributed by atoms with van der Waals surface area (Å²) in [6, 6.07) is 15.3. The van der Waals surface area contributed by atoms with Gasteiger partial charge < -0.3 is 20.5 Å². The lowest BCUT2D eigenvalue weighted by atomic mass is 9.98. The summed E-state index contributed by atoms with van der Waals surface area (Å²) in [6.07, 6.45) is -0.610. The van der Waals surface area contributed by atoms with Gasteiger partial charge in [-0.1, -0.05) is 48.5 Å². The van der Waals surface area contributed by atoms with Gasteiger partial charge in [0.1, 0.15) is 18.2 Å². The van der Waals surface area contributed by atoms with Crippen molar-refractivity contribution in [2.75, 3.05) is 13.2 Å². The van der Waals surface area contributed by atoms with Crippen LogP contribution >= 0.6 is 0 Å². The van der Waals surface area contributed by atoms with Crippen LogP contribution in [0.2, 0.25) is 0 Å². The molecule has 148 valence electrons. The molecule has 3 N–H and O–H groups in total. The lowest BCUT2D eigenvalue weighted by Gasteiger charge is -2.22. The molecule has 0 aliphatic heterocycles. The lowest BCUT2D eigenvalue weighted by Crippen LogP contribution is -2.45. The molecule has 0 radical (unpaired) electrons. The topological polar surface area (TPSA) is 90.6 Å². The van der Waals surface area contributed by atoms with Gasteiger partial charge >= 0.3 is 12.1 Å². The summed E-state index contributed by atoms with van der Waals surface area (Å²) in [4.78, 5) is 24.0. The number of esters is 1. The number of nitrogens with two attached hydrogens (primary N) is 1. The SMILES string of the molecule is CC(C)(C)OC(=O)[C@H](N)CNC(=O)OCC1c2ccccc2-c2ccccc21. The molecule has 6 nitrogen and oxygen atoms in total. The summed E-state index contributed by atoms with van der Waals surface area (Å²) in [5, 5.41) is 2.53. The average Bonchev–Trinajstić information content (AvgIpc) is 2.97. The summed E-state index contributed by atoms with van der Waals surface area (Å²) in [6.45, 7) is 5.44. The average molecular weight is 382 g/mol.